The minimum Gasteiger partial charge on any atom is -0.493 e. The fourth-order valence-electron chi connectivity index (χ4n) is 2.26. The summed E-state index contributed by atoms with van der Waals surface area (Å²) in [6.07, 6.45) is 3.42. The molecule has 0 unspecified atom stereocenters. The molecule has 0 amide bonds. The topological polar surface area (TPSA) is 35.5 Å². The molecule has 0 heterocycles. The van der Waals surface area contributed by atoms with Gasteiger partial charge in [-0.25, -0.2) is 0 Å². The van der Waals surface area contributed by atoms with Gasteiger partial charge < -0.3 is 9.47 Å². The van der Waals surface area contributed by atoms with E-state index in [0.717, 1.165) is 11.1 Å². The third kappa shape index (κ3) is 3.55. The van der Waals surface area contributed by atoms with Crippen molar-refractivity contribution in [1.82, 2.24) is 0 Å². The van der Waals surface area contributed by atoms with Crippen LogP contribution in [-0.4, -0.2) is 20.0 Å². The zero-order valence-corrected chi connectivity index (χ0v) is 13.3. The number of rotatable bonds is 5. The highest BCUT2D eigenvalue weighted by atomic mass is 16.5. The van der Waals surface area contributed by atoms with Gasteiger partial charge in [0.05, 0.1) is 14.2 Å². The minimum atomic E-state index is -0.0686. The highest BCUT2D eigenvalue weighted by Crippen LogP contribution is 2.27. The Labute approximate surface area is 131 Å². The van der Waals surface area contributed by atoms with Crippen molar-refractivity contribution >= 4 is 11.9 Å². The lowest BCUT2D eigenvalue weighted by atomic mass is 10.0. The molecule has 0 radical (unpaired) electrons. The van der Waals surface area contributed by atoms with Gasteiger partial charge in [0, 0.05) is 5.56 Å². The second-order valence-corrected chi connectivity index (χ2v) is 5.13. The summed E-state index contributed by atoms with van der Waals surface area (Å²) in [5.41, 5.74) is 3.97. The van der Waals surface area contributed by atoms with Crippen molar-refractivity contribution in [1.29, 1.82) is 0 Å². The Morgan fingerprint density at radius 3 is 2.32 bits per heavy atom. The smallest absolute Gasteiger partial charge is 0.185 e. The molecule has 3 nitrogen and oxygen atoms in total. The Kier molecular flexibility index (Phi) is 4.99. The van der Waals surface area contributed by atoms with Crippen molar-refractivity contribution in [3.63, 3.8) is 0 Å². The first kappa shape index (κ1) is 15.8. The summed E-state index contributed by atoms with van der Waals surface area (Å²) in [6.45, 7) is 4.09. The fraction of sp³-hybridized carbons (Fsp3) is 0.211. The summed E-state index contributed by atoms with van der Waals surface area (Å²) in [5, 5.41) is 0. The fourth-order valence-corrected chi connectivity index (χ4v) is 2.26. The van der Waals surface area contributed by atoms with E-state index in [1.165, 1.54) is 5.56 Å². The van der Waals surface area contributed by atoms with Crippen LogP contribution in [0, 0.1) is 13.8 Å². The van der Waals surface area contributed by atoms with Crippen molar-refractivity contribution < 1.29 is 14.3 Å². The normalized spacial score (nSPS) is 10.7. The van der Waals surface area contributed by atoms with Gasteiger partial charge in [-0.2, -0.15) is 0 Å². The second-order valence-electron chi connectivity index (χ2n) is 5.13. The summed E-state index contributed by atoms with van der Waals surface area (Å²) < 4.78 is 10.4. The first-order chi connectivity index (χ1) is 10.5. The van der Waals surface area contributed by atoms with E-state index in [9.17, 15) is 4.79 Å². The van der Waals surface area contributed by atoms with Gasteiger partial charge in [0.15, 0.2) is 17.3 Å². The molecule has 0 atom stereocenters. The number of aryl methyl sites for hydroxylation is 2. The maximum atomic E-state index is 12.3. The number of carbonyl (C=O) groups excluding carboxylic acids is 1. The van der Waals surface area contributed by atoms with Crippen molar-refractivity contribution in [3.05, 3.63) is 64.7 Å². The van der Waals surface area contributed by atoms with Crippen molar-refractivity contribution in [3.8, 4) is 11.5 Å². The molecule has 0 fully saturated rings. The van der Waals surface area contributed by atoms with Crippen molar-refractivity contribution in [2.75, 3.05) is 14.2 Å². The van der Waals surface area contributed by atoms with Gasteiger partial charge in [0.25, 0.3) is 0 Å². The lowest BCUT2D eigenvalue weighted by molar-refractivity contribution is 0.104. The standard InChI is InChI=1S/C19H20O3/c1-13-5-6-15(14(2)11-13)7-9-17(20)16-8-10-18(21-3)19(12-16)22-4/h5-12H,1-4H3/b9-7+. The lowest BCUT2D eigenvalue weighted by Gasteiger charge is -2.08. The number of allylic oxidation sites excluding steroid dienone is 1. The van der Waals surface area contributed by atoms with Gasteiger partial charge in [-0.15, -0.1) is 0 Å². The van der Waals surface area contributed by atoms with E-state index in [4.69, 9.17) is 9.47 Å². The van der Waals surface area contributed by atoms with Crippen LogP contribution in [0.25, 0.3) is 6.08 Å². The monoisotopic (exact) mass is 296 g/mol. The zero-order valence-electron chi connectivity index (χ0n) is 13.3. The maximum Gasteiger partial charge on any atom is 0.185 e. The van der Waals surface area contributed by atoms with Gasteiger partial charge in [0.1, 0.15) is 0 Å². The van der Waals surface area contributed by atoms with Gasteiger partial charge in [-0.1, -0.05) is 29.8 Å². The van der Waals surface area contributed by atoms with Crippen LogP contribution >= 0.6 is 0 Å². The third-order valence-corrected chi connectivity index (χ3v) is 3.51. The Morgan fingerprint density at radius 1 is 0.955 bits per heavy atom. The molecular formula is C19H20O3. The number of benzene rings is 2. The maximum absolute atomic E-state index is 12.3. The molecule has 2 aromatic rings. The minimum absolute atomic E-state index is 0.0686. The Balaban J connectivity index is 2.23. The first-order valence-electron chi connectivity index (χ1n) is 7.07. The van der Waals surface area contributed by atoms with Crippen LogP contribution in [0.3, 0.4) is 0 Å². The average Bonchev–Trinajstić information content (AvgIpc) is 2.53. The van der Waals surface area contributed by atoms with Crippen LogP contribution in [0.5, 0.6) is 11.5 Å². The summed E-state index contributed by atoms with van der Waals surface area (Å²) >= 11 is 0. The molecule has 0 bridgehead atoms. The largest absolute Gasteiger partial charge is 0.493 e. The molecule has 0 N–H and O–H groups in total. The number of hydrogen-bond donors (Lipinski definition) is 0. The van der Waals surface area contributed by atoms with Crippen LogP contribution < -0.4 is 9.47 Å². The summed E-state index contributed by atoms with van der Waals surface area (Å²) in [6, 6.07) is 11.3. The molecule has 114 valence electrons. The van der Waals surface area contributed by atoms with Crippen molar-refractivity contribution in [2.45, 2.75) is 13.8 Å². The molecule has 3 heteroatoms. The zero-order chi connectivity index (χ0) is 16.1. The van der Waals surface area contributed by atoms with E-state index in [2.05, 4.69) is 13.0 Å². The molecule has 0 saturated carbocycles. The van der Waals surface area contributed by atoms with E-state index >= 15 is 0 Å². The number of ketones is 1. The highest BCUT2D eigenvalue weighted by molar-refractivity contribution is 6.07. The molecule has 0 spiro atoms. The highest BCUT2D eigenvalue weighted by Gasteiger charge is 2.08. The first-order valence-corrected chi connectivity index (χ1v) is 7.07. The van der Waals surface area contributed by atoms with Crippen LogP contribution in [0.4, 0.5) is 0 Å². The van der Waals surface area contributed by atoms with E-state index in [1.807, 2.05) is 25.1 Å². The summed E-state index contributed by atoms with van der Waals surface area (Å²) in [5.74, 6) is 1.09. The quantitative estimate of drug-likeness (QED) is 0.612. The number of ether oxygens (including phenoxy) is 2. The molecule has 0 aliphatic carbocycles. The van der Waals surface area contributed by atoms with Gasteiger partial charge in [-0.3, -0.25) is 4.79 Å². The molecule has 22 heavy (non-hydrogen) atoms. The van der Waals surface area contributed by atoms with Crippen LogP contribution in [0.1, 0.15) is 27.0 Å². The predicted octanol–water partition coefficient (Wildman–Crippen LogP) is 4.22. The van der Waals surface area contributed by atoms with Gasteiger partial charge >= 0.3 is 0 Å². The molecule has 0 aliphatic rings. The Bertz CT molecular complexity index is 715. The Hall–Kier alpha value is -2.55. The second kappa shape index (κ2) is 6.94. The molecule has 2 rings (SSSR count). The summed E-state index contributed by atoms with van der Waals surface area (Å²) in [7, 11) is 3.12. The van der Waals surface area contributed by atoms with Crippen molar-refractivity contribution in [2.24, 2.45) is 0 Å². The third-order valence-electron chi connectivity index (χ3n) is 3.51. The molecule has 2 aromatic carbocycles. The van der Waals surface area contributed by atoms with Crippen LogP contribution in [0.15, 0.2) is 42.5 Å². The van der Waals surface area contributed by atoms with E-state index in [0.29, 0.717) is 17.1 Å². The van der Waals surface area contributed by atoms with E-state index in [1.54, 1.807) is 38.5 Å². The van der Waals surface area contributed by atoms with Crippen LogP contribution in [-0.2, 0) is 0 Å². The number of carbonyl (C=O) groups is 1. The lowest BCUT2D eigenvalue weighted by Crippen LogP contribution is -1.97. The molecule has 0 aliphatic heterocycles. The summed E-state index contributed by atoms with van der Waals surface area (Å²) in [4.78, 5) is 12.3. The van der Waals surface area contributed by atoms with E-state index in [-0.39, 0.29) is 5.78 Å². The van der Waals surface area contributed by atoms with Gasteiger partial charge in [-0.05, 0) is 49.2 Å². The molecule has 0 aromatic heterocycles. The van der Waals surface area contributed by atoms with Crippen LogP contribution in [0.2, 0.25) is 0 Å². The number of methoxy groups -OCH3 is 2. The predicted molar refractivity (Wildman–Crippen MR) is 88.8 cm³/mol. The average molecular weight is 296 g/mol. The SMILES string of the molecule is COc1ccc(C(=O)/C=C/c2ccc(C)cc2C)cc1OC. The van der Waals surface area contributed by atoms with E-state index < -0.39 is 0 Å². The number of hydrogen-bond acceptors (Lipinski definition) is 3. The Morgan fingerprint density at radius 2 is 1.68 bits per heavy atom. The molecular weight excluding hydrogens is 276 g/mol. The van der Waals surface area contributed by atoms with Gasteiger partial charge in [0.2, 0.25) is 0 Å². The molecule has 0 saturated heterocycles.